The highest BCUT2D eigenvalue weighted by molar-refractivity contribution is 6.35. The number of nitrogens with one attached hydrogen (secondary N) is 2. The predicted molar refractivity (Wildman–Crippen MR) is 72.2 cm³/mol. The number of ether oxygens (including phenoxy) is 1. The summed E-state index contributed by atoms with van der Waals surface area (Å²) in [6, 6.07) is 6.40. The van der Waals surface area contributed by atoms with Crippen LogP contribution in [0.3, 0.4) is 0 Å². The molecule has 0 aliphatic rings. The Bertz CT molecular complexity index is 523. The van der Waals surface area contributed by atoms with Crippen LogP contribution in [0.5, 0.6) is 0 Å². The second-order valence-electron chi connectivity index (χ2n) is 3.67. The monoisotopic (exact) mass is 277 g/mol. The molecule has 0 saturated carbocycles. The van der Waals surface area contributed by atoms with Crippen molar-refractivity contribution >= 4 is 24.0 Å². The van der Waals surface area contributed by atoms with Crippen molar-refractivity contribution in [2.75, 3.05) is 13.7 Å². The molecule has 2 N–H and O–H groups in total. The summed E-state index contributed by atoms with van der Waals surface area (Å²) in [5.74, 6) is -2.02. The first-order valence-electron chi connectivity index (χ1n) is 5.88. The third kappa shape index (κ3) is 4.52. The Hall–Kier alpha value is -2.70. The Morgan fingerprint density at radius 2 is 1.85 bits per heavy atom. The second kappa shape index (κ2) is 7.67. The zero-order valence-electron chi connectivity index (χ0n) is 11.2. The molecule has 0 fully saturated rings. The van der Waals surface area contributed by atoms with Crippen LogP contribution in [0.15, 0.2) is 29.4 Å². The van der Waals surface area contributed by atoms with Crippen molar-refractivity contribution < 1.29 is 19.1 Å². The first-order chi connectivity index (χ1) is 9.58. The molecule has 106 valence electrons. The van der Waals surface area contributed by atoms with E-state index in [0.717, 1.165) is 0 Å². The summed E-state index contributed by atoms with van der Waals surface area (Å²) in [5.41, 5.74) is 3.17. The van der Waals surface area contributed by atoms with Gasteiger partial charge in [-0.15, -0.1) is 0 Å². The molecular weight excluding hydrogens is 262 g/mol. The highest BCUT2D eigenvalue weighted by atomic mass is 16.5. The largest absolute Gasteiger partial charge is 0.465 e. The minimum Gasteiger partial charge on any atom is -0.465 e. The molecule has 0 spiro atoms. The van der Waals surface area contributed by atoms with Crippen LogP contribution >= 0.6 is 0 Å². The Kier molecular flexibility index (Phi) is 5.89. The fourth-order valence-corrected chi connectivity index (χ4v) is 1.28. The maximum atomic E-state index is 11.2. The number of amides is 2. The van der Waals surface area contributed by atoms with Gasteiger partial charge in [0.15, 0.2) is 0 Å². The highest BCUT2D eigenvalue weighted by Crippen LogP contribution is 2.03. The molecule has 0 aromatic heterocycles. The van der Waals surface area contributed by atoms with Crippen molar-refractivity contribution in [3.63, 3.8) is 0 Å². The molecule has 0 atom stereocenters. The van der Waals surface area contributed by atoms with E-state index in [2.05, 4.69) is 20.6 Å². The van der Waals surface area contributed by atoms with Crippen LogP contribution in [-0.2, 0) is 14.3 Å². The molecule has 2 amide bonds. The minimum atomic E-state index is -0.839. The lowest BCUT2D eigenvalue weighted by atomic mass is 10.1. The molecular formula is C13H15N3O4. The van der Waals surface area contributed by atoms with Crippen LogP contribution in [0.1, 0.15) is 22.8 Å². The number of likely N-dealkylation sites (N-methyl/N-ethyl adjacent to an activating group) is 1. The fraction of sp³-hybridized carbons (Fsp3) is 0.231. The van der Waals surface area contributed by atoms with Gasteiger partial charge in [-0.05, 0) is 24.6 Å². The number of esters is 1. The Morgan fingerprint density at radius 1 is 1.20 bits per heavy atom. The summed E-state index contributed by atoms with van der Waals surface area (Å²) in [4.78, 5) is 33.5. The van der Waals surface area contributed by atoms with Crippen LogP contribution in [0, 0.1) is 0 Å². The molecule has 0 heterocycles. The Morgan fingerprint density at radius 3 is 2.40 bits per heavy atom. The van der Waals surface area contributed by atoms with Gasteiger partial charge in [0.1, 0.15) is 0 Å². The molecule has 0 saturated heterocycles. The lowest BCUT2D eigenvalue weighted by Gasteiger charge is -2.00. The van der Waals surface area contributed by atoms with Crippen molar-refractivity contribution in [1.29, 1.82) is 0 Å². The molecule has 7 heteroatoms. The maximum Gasteiger partial charge on any atom is 0.337 e. The van der Waals surface area contributed by atoms with Gasteiger partial charge in [-0.3, -0.25) is 9.59 Å². The number of hydrazone groups is 1. The van der Waals surface area contributed by atoms with Crippen LogP contribution in [0.25, 0.3) is 0 Å². The molecule has 0 aliphatic carbocycles. The van der Waals surface area contributed by atoms with E-state index >= 15 is 0 Å². The van der Waals surface area contributed by atoms with Gasteiger partial charge in [-0.1, -0.05) is 12.1 Å². The SMILES string of the molecule is CCNC(=O)C(=O)N/N=C\c1ccc(C(=O)OC)cc1. The van der Waals surface area contributed by atoms with E-state index in [1.54, 1.807) is 31.2 Å². The standard InChI is InChI=1S/C13H15N3O4/c1-3-14-11(17)12(18)16-15-8-9-4-6-10(7-5-9)13(19)20-2/h4-8H,3H2,1-2H3,(H,14,17)(H,16,18)/b15-8-. The van der Waals surface area contributed by atoms with Gasteiger partial charge in [0, 0.05) is 6.54 Å². The van der Waals surface area contributed by atoms with Crippen molar-refractivity contribution in [2.24, 2.45) is 5.10 Å². The number of methoxy groups -OCH3 is 1. The van der Waals surface area contributed by atoms with Crippen LogP contribution in [0.2, 0.25) is 0 Å². The molecule has 0 aliphatic heterocycles. The third-order valence-corrected chi connectivity index (χ3v) is 2.26. The molecule has 20 heavy (non-hydrogen) atoms. The van der Waals surface area contributed by atoms with Gasteiger partial charge in [-0.25, -0.2) is 10.2 Å². The number of hydrogen-bond acceptors (Lipinski definition) is 5. The van der Waals surface area contributed by atoms with E-state index in [1.165, 1.54) is 13.3 Å². The highest BCUT2D eigenvalue weighted by Gasteiger charge is 2.10. The first-order valence-corrected chi connectivity index (χ1v) is 5.88. The van der Waals surface area contributed by atoms with Crippen LogP contribution in [0.4, 0.5) is 0 Å². The predicted octanol–water partition coefficient (Wildman–Crippen LogP) is 0.0594. The van der Waals surface area contributed by atoms with Gasteiger partial charge in [0.05, 0.1) is 18.9 Å². The zero-order valence-corrected chi connectivity index (χ0v) is 11.2. The fourth-order valence-electron chi connectivity index (χ4n) is 1.28. The zero-order chi connectivity index (χ0) is 15.0. The molecule has 1 aromatic rings. The lowest BCUT2D eigenvalue weighted by Crippen LogP contribution is -2.37. The van der Waals surface area contributed by atoms with E-state index in [1.807, 2.05) is 0 Å². The maximum absolute atomic E-state index is 11.2. The molecule has 1 rings (SSSR count). The van der Waals surface area contributed by atoms with E-state index in [4.69, 9.17) is 0 Å². The van der Waals surface area contributed by atoms with Gasteiger partial charge in [0.2, 0.25) is 0 Å². The number of nitrogens with zero attached hydrogens (tertiary/aromatic N) is 1. The smallest absolute Gasteiger partial charge is 0.337 e. The number of benzene rings is 1. The second-order valence-corrected chi connectivity index (χ2v) is 3.67. The summed E-state index contributed by atoms with van der Waals surface area (Å²) in [6.45, 7) is 2.07. The first kappa shape index (κ1) is 15.4. The average molecular weight is 277 g/mol. The summed E-state index contributed by atoms with van der Waals surface area (Å²) in [6.07, 6.45) is 1.36. The van der Waals surface area contributed by atoms with E-state index in [0.29, 0.717) is 17.7 Å². The van der Waals surface area contributed by atoms with Crippen LogP contribution in [-0.4, -0.2) is 37.7 Å². The van der Waals surface area contributed by atoms with Gasteiger partial charge in [0.25, 0.3) is 0 Å². The van der Waals surface area contributed by atoms with E-state index < -0.39 is 17.8 Å². The topological polar surface area (TPSA) is 96.9 Å². The quantitative estimate of drug-likeness (QED) is 0.352. The molecule has 0 bridgehead atoms. The normalized spacial score (nSPS) is 10.1. The average Bonchev–Trinajstić information content (AvgIpc) is 2.47. The summed E-state index contributed by atoms with van der Waals surface area (Å²) in [7, 11) is 1.30. The van der Waals surface area contributed by atoms with Crippen molar-refractivity contribution in [1.82, 2.24) is 10.7 Å². The number of carbonyl (C=O) groups excluding carboxylic acids is 3. The molecule has 0 radical (unpaired) electrons. The number of hydrogen-bond donors (Lipinski definition) is 2. The van der Waals surface area contributed by atoms with Gasteiger partial charge in [-0.2, -0.15) is 5.10 Å². The van der Waals surface area contributed by atoms with E-state index in [9.17, 15) is 14.4 Å². The van der Waals surface area contributed by atoms with E-state index in [-0.39, 0.29) is 0 Å². The van der Waals surface area contributed by atoms with Crippen molar-refractivity contribution in [3.05, 3.63) is 35.4 Å². The van der Waals surface area contributed by atoms with Crippen molar-refractivity contribution in [3.8, 4) is 0 Å². The number of carbonyl (C=O) groups is 3. The lowest BCUT2D eigenvalue weighted by molar-refractivity contribution is -0.139. The van der Waals surface area contributed by atoms with Crippen LogP contribution < -0.4 is 10.7 Å². The molecule has 1 aromatic carbocycles. The third-order valence-electron chi connectivity index (χ3n) is 2.26. The summed E-state index contributed by atoms with van der Waals surface area (Å²) in [5, 5.41) is 5.98. The minimum absolute atomic E-state index is 0.366. The van der Waals surface area contributed by atoms with Crippen molar-refractivity contribution in [2.45, 2.75) is 6.92 Å². The Labute approximate surface area is 116 Å². The summed E-state index contributed by atoms with van der Waals surface area (Å²) >= 11 is 0. The molecule has 7 nitrogen and oxygen atoms in total. The van der Waals surface area contributed by atoms with Gasteiger partial charge >= 0.3 is 17.8 Å². The van der Waals surface area contributed by atoms with Gasteiger partial charge < -0.3 is 10.1 Å². The summed E-state index contributed by atoms with van der Waals surface area (Å²) < 4.78 is 4.56. The molecule has 0 unspecified atom stereocenters. The Balaban J connectivity index is 2.56. The number of rotatable bonds is 4.